The first kappa shape index (κ1) is 14.6. The number of alkyl halides is 3. The van der Waals surface area contributed by atoms with E-state index in [-0.39, 0.29) is 10.9 Å². The van der Waals surface area contributed by atoms with Crippen LogP contribution in [0.25, 0.3) is 33.1 Å². The number of fused-ring (bicyclic) bond motifs is 3. The van der Waals surface area contributed by atoms with Crippen LogP contribution in [0, 0.1) is 0 Å². The molecule has 2 aromatic heterocycles. The topological polar surface area (TPSA) is 48.6 Å². The Kier molecular flexibility index (Phi) is 3.03. The second-order valence-electron chi connectivity index (χ2n) is 5.54. The summed E-state index contributed by atoms with van der Waals surface area (Å²) in [5.74, 6) is 0. The van der Waals surface area contributed by atoms with Crippen LogP contribution < -0.4 is 5.43 Å². The number of aromatic nitrogens is 2. The molecular weight excluding hydrogens is 317 g/mol. The first-order chi connectivity index (χ1) is 11.4. The zero-order valence-electron chi connectivity index (χ0n) is 12.2. The normalized spacial score (nSPS) is 12.1. The zero-order valence-corrected chi connectivity index (χ0v) is 12.2. The summed E-state index contributed by atoms with van der Waals surface area (Å²) in [6, 6.07) is 15.1. The molecule has 0 amide bonds. The molecule has 2 N–H and O–H groups in total. The molecule has 0 saturated carbocycles. The fraction of sp³-hybridized carbons (Fsp3) is 0.0556. The summed E-state index contributed by atoms with van der Waals surface area (Å²) in [5, 5.41) is 0.847. The Morgan fingerprint density at radius 2 is 1.54 bits per heavy atom. The molecule has 0 aliphatic heterocycles. The summed E-state index contributed by atoms with van der Waals surface area (Å²) in [4.78, 5) is 17.8. The molecule has 6 heteroatoms. The third kappa shape index (κ3) is 2.27. The number of hydrogen-bond donors (Lipinski definition) is 2. The number of benzene rings is 2. The Morgan fingerprint density at radius 3 is 2.25 bits per heavy atom. The van der Waals surface area contributed by atoms with Crippen molar-refractivity contribution in [2.75, 3.05) is 0 Å². The Hall–Kier alpha value is -3.02. The van der Waals surface area contributed by atoms with Gasteiger partial charge in [-0.1, -0.05) is 30.3 Å². The van der Waals surface area contributed by atoms with Crippen molar-refractivity contribution in [3.63, 3.8) is 0 Å². The van der Waals surface area contributed by atoms with Crippen LogP contribution in [-0.2, 0) is 6.18 Å². The van der Waals surface area contributed by atoms with E-state index in [1.807, 2.05) is 30.3 Å². The van der Waals surface area contributed by atoms with Crippen LogP contribution in [-0.4, -0.2) is 9.97 Å². The minimum absolute atomic E-state index is 0.168. The lowest BCUT2D eigenvalue weighted by Gasteiger charge is -2.08. The van der Waals surface area contributed by atoms with Gasteiger partial charge >= 0.3 is 6.18 Å². The molecule has 0 spiro atoms. The molecule has 4 aromatic rings. The van der Waals surface area contributed by atoms with E-state index in [1.165, 1.54) is 6.07 Å². The number of aromatic amines is 2. The first-order valence-electron chi connectivity index (χ1n) is 7.25. The molecule has 4 rings (SSSR count). The molecule has 0 unspecified atom stereocenters. The van der Waals surface area contributed by atoms with Gasteiger partial charge in [-0.15, -0.1) is 0 Å². The Bertz CT molecular complexity index is 1110. The molecule has 0 aliphatic rings. The van der Waals surface area contributed by atoms with Gasteiger partial charge in [0.25, 0.3) is 0 Å². The number of nitrogens with one attached hydrogen (secondary N) is 2. The molecule has 2 heterocycles. The van der Waals surface area contributed by atoms with Gasteiger partial charge < -0.3 is 9.97 Å². The van der Waals surface area contributed by atoms with Crippen molar-refractivity contribution in [1.82, 2.24) is 9.97 Å². The lowest BCUT2D eigenvalue weighted by molar-refractivity contribution is -0.141. The van der Waals surface area contributed by atoms with Crippen LogP contribution in [0.1, 0.15) is 5.69 Å². The van der Waals surface area contributed by atoms with Crippen molar-refractivity contribution in [2.24, 2.45) is 0 Å². The Morgan fingerprint density at radius 1 is 0.833 bits per heavy atom. The fourth-order valence-electron chi connectivity index (χ4n) is 2.88. The summed E-state index contributed by atoms with van der Waals surface area (Å²) in [5.41, 5.74) is 0.911. The average Bonchev–Trinajstić information content (AvgIpc) is 2.98. The van der Waals surface area contributed by atoms with Gasteiger partial charge in [0, 0.05) is 22.7 Å². The predicted octanol–water partition coefficient (Wildman–Crippen LogP) is 4.70. The smallest absolute Gasteiger partial charge is 0.355 e. The molecule has 3 nitrogen and oxygen atoms in total. The van der Waals surface area contributed by atoms with Crippen molar-refractivity contribution < 1.29 is 13.2 Å². The van der Waals surface area contributed by atoms with E-state index in [0.29, 0.717) is 17.0 Å². The first-order valence-corrected chi connectivity index (χ1v) is 7.25. The van der Waals surface area contributed by atoms with Gasteiger partial charge in [0.2, 0.25) is 0 Å². The van der Waals surface area contributed by atoms with Gasteiger partial charge in [-0.3, -0.25) is 4.79 Å². The van der Waals surface area contributed by atoms with Crippen LogP contribution in [0.4, 0.5) is 13.2 Å². The maximum Gasteiger partial charge on any atom is 0.431 e. The average molecular weight is 328 g/mol. The molecule has 0 bridgehead atoms. The molecule has 0 saturated heterocycles. The summed E-state index contributed by atoms with van der Waals surface area (Å²) in [7, 11) is 0. The minimum Gasteiger partial charge on any atom is -0.355 e. The standard InChI is InChI=1S/C18H11F3N2O/c19-18(20,21)16-9-15(24)17-11-8-14(10-4-2-1-3-5-10)22-12(11)6-7-13(17)23-16/h1-9,22H,(H,23,24). The highest BCUT2D eigenvalue weighted by Crippen LogP contribution is 2.31. The molecule has 0 atom stereocenters. The summed E-state index contributed by atoms with van der Waals surface area (Å²) >= 11 is 0. The second-order valence-corrected chi connectivity index (χ2v) is 5.54. The van der Waals surface area contributed by atoms with Crippen molar-refractivity contribution in [2.45, 2.75) is 6.18 Å². The van der Waals surface area contributed by atoms with Crippen LogP contribution in [0.15, 0.2) is 59.4 Å². The molecule has 120 valence electrons. The van der Waals surface area contributed by atoms with E-state index in [0.717, 1.165) is 11.3 Å². The van der Waals surface area contributed by atoms with Gasteiger partial charge in [-0.2, -0.15) is 13.2 Å². The molecule has 0 fully saturated rings. The second kappa shape index (κ2) is 4.99. The highest BCUT2D eigenvalue weighted by atomic mass is 19.4. The summed E-state index contributed by atoms with van der Waals surface area (Å²) in [6.45, 7) is 0. The lowest BCUT2D eigenvalue weighted by atomic mass is 10.1. The van der Waals surface area contributed by atoms with Gasteiger partial charge in [0.05, 0.1) is 10.9 Å². The van der Waals surface area contributed by atoms with Crippen molar-refractivity contribution in [1.29, 1.82) is 0 Å². The number of halogens is 3. The largest absolute Gasteiger partial charge is 0.431 e. The van der Waals surface area contributed by atoms with Gasteiger partial charge in [-0.05, 0) is 23.8 Å². The van der Waals surface area contributed by atoms with Crippen LogP contribution in [0.3, 0.4) is 0 Å². The van der Waals surface area contributed by atoms with E-state index in [1.54, 1.807) is 12.1 Å². The fourth-order valence-corrected chi connectivity index (χ4v) is 2.88. The molecule has 24 heavy (non-hydrogen) atoms. The molecule has 0 radical (unpaired) electrons. The Balaban J connectivity index is 2.01. The summed E-state index contributed by atoms with van der Waals surface area (Å²) in [6.07, 6.45) is -4.59. The maximum absolute atomic E-state index is 12.9. The van der Waals surface area contributed by atoms with E-state index < -0.39 is 17.3 Å². The highest BCUT2D eigenvalue weighted by molar-refractivity contribution is 6.06. The third-order valence-corrected chi connectivity index (χ3v) is 3.98. The van der Waals surface area contributed by atoms with Gasteiger partial charge in [-0.25, -0.2) is 0 Å². The quantitative estimate of drug-likeness (QED) is 0.523. The maximum atomic E-state index is 12.9. The predicted molar refractivity (Wildman–Crippen MR) is 86.9 cm³/mol. The molecule has 2 aromatic carbocycles. The van der Waals surface area contributed by atoms with Crippen LogP contribution in [0.5, 0.6) is 0 Å². The van der Waals surface area contributed by atoms with Gasteiger partial charge in [0.1, 0.15) is 5.69 Å². The van der Waals surface area contributed by atoms with E-state index in [4.69, 9.17) is 0 Å². The van der Waals surface area contributed by atoms with E-state index >= 15 is 0 Å². The SMILES string of the molecule is O=c1cc(C(F)(F)F)[nH]c2ccc3[nH]c(-c4ccccc4)cc3c12. The number of rotatable bonds is 1. The van der Waals surface area contributed by atoms with Crippen molar-refractivity contribution in [3.8, 4) is 11.3 Å². The highest BCUT2D eigenvalue weighted by Gasteiger charge is 2.32. The third-order valence-electron chi connectivity index (χ3n) is 3.98. The monoisotopic (exact) mass is 328 g/mol. The number of pyridine rings is 1. The molecule has 0 aliphatic carbocycles. The minimum atomic E-state index is -4.59. The number of H-pyrrole nitrogens is 2. The molecular formula is C18H11F3N2O. The summed E-state index contributed by atoms with van der Waals surface area (Å²) < 4.78 is 38.6. The van der Waals surface area contributed by atoms with Gasteiger partial charge in [0.15, 0.2) is 5.43 Å². The van der Waals surface area contributed by atoms with Crippen molar-refractivity contribution >= 4 is 21.8 Å². The van der Waals surface area contributed by atoms with E-state index in [2.05, 4.69) is 9.97 Å². The zero-order chi connectivity index (χ0) is 16.9. The van der Waals surface area contributed by atoms with Crippen LogP contribution in [0.2, 0.25) is 0 Å². The van der Waals surface area contributed by atoms with Crippen LogP contribution >= 0.6 is 0 Å². The number of hydrogen-bond acceptors (Lipinski definition) is 1. The Labute approximate surface area is 133 Å². The lowest BCUT2D eigenvalue weighted by Crippen LogP contribution is -2.13. The van der Waals surface area contributed by atoms with Crippen molar-refractivity contribution in [3.05, 3.63) is 70.5 Å². The van der Waals surface area contributed by atoms with E-state index in [9.17, 15) is 18.0 Å².